The number of hydrogen-bond acceptors (Lipinski definition) is 5. The van der Waals surface area contributed by atoms with E-state index in [9.17, 15) is 18.4 Å². The van der Waals surface area contributed by atoms with E-state index in [1.165, 1.54) is 19.1 Å². The standard InChI is InChI=1S/C11H11F2N5O3/c1-5-2-3-6(18(5)11(12)13)9(20)15-4-7-16-10(8(14)19)21-17-7/h2-3,11H,4H2,1H3,(H2,14,19)(H,15,20). The highest BCUT2D eigenvalue weighted by Gasteiger charge is 2.19. The molecule has 0 spiro atoms. The maximum atomic E-state index is 12.8. The number of carbonyl (C=O) groups is 2. The summed E-state index contributed by atoms with van der Waals surface area (Å²) in [6.07, 6.45) is 0. The van der Waals surface area contributed by atoms with E-state index in [2.05, 4.69) is 20.0 Å². The highest BCUT2D eigenvalue weighted by atomic mass is 19.3. The van der Waals surface area contributed by atoms with Gasteiger partial charge in [0, 0.05) is 5.69 Å². The Morgan fingerprint density at radius 2 is 2.19 bits per heavy atom. The molecule has 0 bridgehead atoms. The zero-order valence-corrected chi connectivity index (χ0v) is 10.8. The van der Waals surface area contributed by atoms with Crippen molar-refractivity contribution < 1.29 is 22.9 Å². The summed E-state index contributed by atoms with van der Waals surface area (Å²) >= 11 is 0. The number of halogens is 2. The summed E-state index contributed by atoms with van der Waals surface area (Å²) in [4.78, 5) is 26.2. The predicted octanol–water partition coefficient (Wildman–Crippen LogP) is 0.604. The van der Waals surface area contributed by atoms with Gasteiger partial charge in [0.1, 0.15) is 5.69 Å². The number of primary amides is 1. The normalized spacial score (nSPS) is 10.9. The molecule has 21 heavy (non-hydrogen) atoms. The van der Waals surface area contributed by atoms with Crippen molar-refractivity contribution in [3.8, 4) is 0 Å². The summed E-state index contributed by atoms with van der Waals surface area (Å²) in [6.45, 7) is -1.56. The Labute approximate surface area is 116 Å². The Bertz CT molecular complexity index is 679. The third-order valence-electron chi connectivity index (χ3n) is 2.64. The third kappa shape index (κ3) is 3.04. The first-order chi connectivity index (χ1) is 9.90. The van der Waals surface area contributed by atoms with Gasteiger partial charge in [0.15, 0.2) is 5.82 Å². The van der Waals surface area contributed by atoms with Crippen molar-refractivity contribution >= 4 is 11.8 Å². The van der Waals surface area contributed by atoms with Crippen LogP contribution in [0.3, 0.4) is 0 Å². The van der Waals surface area contributed by atoms with Crippen LogP contribution in [0, 0.1) is 6.92 Å². The van der Waals surface area contributed by atoms with Crippen LogP contribution in [0.1, 0.15) is 39.2 Å². The van der Waals surface area contributed by atoms with Crippen LogP contribution >= 0.6 is 0 Å². The Hall–Kier alpha value is -2.78. The molecular weight excluding hydrogens is 288 g/mol. The fourth-order valence-electron chi connectivity index (χ4n) is 1.67. The van der Waals surface area contributed by atoms with E-state index in [-0.39, 0.29) is 23.8 Å². The number of nitrogens with one attached hydrogen (secondary N) is 1. The smallest absolute Gasteiger partial charge is 0.319 e. The Morgan fingerprint density at radius 3 is 2.76 bits per heavy atom. The molecule has 0 fully saturated rings. The van der Waals surface area contributed by atoms with Crippen molar-refractivity contribution in [3.05, 3.63) is 35.2 Å². The topological polar surface area (TPSA) is 116 Å². The average molecular weight is 299 g/mol. The van der Waals surface area contributed by atoms with Gasteiger partial charge in [-0.2, -0.15) is 13.8 Å². The molecule has 0 saturated heterocycles. The molecule has 0 aliphatic rings. The molecule has 2 heterocycles. The van der Waals surface area contributed by atoms with Crippen molar-refractivity contribution in [2.75, 3.05) is 0 Å². The molecule has 8 nitrogen and oxygen atoms in total. The van der Waals surface area contributed by atoms with Gasteiger partial charge in [-0.25, -0.2) is 0 Å². The highest BCUT2D eigenvalue weighted by molar-refractivity contribution is 5.92. The molecule has 3 N–H and O–H groups in total. The van der Waals surface area contributed by atoms with Crippen LogP contribution in [0.4, 0.5) is 8.78 Å². The van der Waals surface area contributed by atoms with Crippen LogP contribution in [0.2, 0.25) is 0 Å². The quantitative estimate of drug-likeness (QED) is 0.838. The molecule has 0 radical (unpaired) electrons. The first kappa shape index (κ1) is 14.6. The Kier molecular flexibility index (Phi) is 3.96. The van der Waals surface area contributed by atoms with E-state index in [4.69, 9.17) is 5.73 Å². The van der Waals surface area contributed by atoms with Gasteiger partial charge in [-0.3, -0.25) is 14.2 Å². The van der Waals surface area contributed by atoms with E-state index in [0.717, 1.165) is 0 Å². The summed E-state index contributed by atoms with van der Waals surface area (Å²) in [5.74, 6) is -2.02. The first-order valence-electron chi connectivity index (χ1n) is 5.76. The van der Waals surface area contributed by atoms with Gasteiger partial charge in [-0.05, 0) is 19.1 Å². The molecule has 0 aromatic carbocycles. The zero-order chi connectivity index (χ0) is 15.6. The molecule has 0 unspecified atom stereocenters. The molecule has 0 atom stereocenters. The molecular formula is C11H11F2N5O3. The fraction of sp³-hybridized carbons (Fsp3) is 0.273. The number of hydrogen-bond donors (Lipinski definition) is 2. The van der Waals surface area contributed by atoms with Crippen LogP contribution in [0.5, 0.6) is 0 Å². The van der Waals surface area contributed by atoms with E-state index in [1.54, 1.807) is 0 Å². The zero-order valence-electron chi connectivity index (χ0n) is 10.8. The maximum Gasteiger partial charge on any atom is 0.319 e. The number of aryl methyl sites for hydroxylation is 1. The van der Waals surface area contributed by atoms with Gasteiger partial charge in [0.05, 0.1) is 6.54 Å². The minimum Gasteiger partial charge on any atom is -0.361 e. The van der Waals surface area contributed by atoms with Gasteiger partial charge in [0.25, 0.3) is 5.91 Å². The van der Waals surface area contributed by atoms with Gasteiger partial charge in [-0.1, -0.05) is 5.16 Å². The second-order valence-corrected chi connectivity index (χ2v) is 4.07. The third-order valence-corrected chi connectivity index (χ3v) is 2.64. The molecule has 112 valence electrons. The van der Waals surface area contributed by atoms with Gasteiger partial charge < -0.3 is 15.6 Å². The number of aromatic nitrogens is 3. The molecule has 2 amide bonds. The summed E-state index contributed by atoms with van der Waals surface area (Å²) in [6, 6.07) is 2.68. The molecule has 2 rings (SSSR count). The summed E-state index contributed by atoms with van der Waals surface area (Å²) in [7, 11) is 0. The second-order valence-electron chi connectivity index (χ2n) is 4.07. The van der Waals surface area contributed by atoms with Crippen LogP contribution in [-0.4, -0.2) is 26.5 Å². The van der Waals surface area contributed by atoms with Crippen molar-refractivity contribution in [1.82, 2.24) is 20.0 Å². The number of carbonyl (C=O) groups excluding carboxylic acids is 2. The lowest BCUT2D eigenvalue weighted by atomic mass is 10.4. The van der Waals surface area contributed by atoms with Gasteiger partial charge in [-0.15, -0.1) is 0 Å². The number of nitrogens with two attached hydrogens (primary N) is 1. The monoisotopic (exact) mass is 299 g/mol. The molecule has 2 aromatic rings. The number of nitrogens with zero attached hydrogens (tertiary/aromatic N) is 3. The SMILES string of the molecule is Cc1ccc(C(=O)NCc2noc(C(N)=O)n2)n1C(F)F. The van der Waals surface area contributed by atoms with Crippen molar-refractivity contribution in [3.63, 3.8) is 0 Å². The number of amides is 2. The summed E-state index contributed by atoms with van der Waals surface area (Å²) in [5, 5.41) is 5.76. The molecule has 0 aliphatic heterocycles. The summed E-state index contributed by atoms with van der Waals surface area (Å²) in [5.41, 5.74) is 4.98. The van der Waals surface area contributed by atoms with Gasteiger partial charge in [0.2, 0.25) is 0 Å². The minimum absolute atomic E-state index is 0.00373. The average Bonchev–Trinajstić information content (AvgIpc) is 3.02. The fourth-order valence-corrected chi connectivity index (χ4v) is 1.67. The highest BCUT2D eigenvalue weighted by Crippen LogP contribution is 2.18. The second kappa shape index (κ2) is 5.69. The molecule has 2 aromatic heterocycles. The largest absolute Gasteiger partial charge is 0.361 e. The van der Waals surface area contributed by atoms with Crippen molar-refractivity contribution in [1.29, 1.82) is 0 Å². The Morgan fingerprint density at radius 1 is 1.48 bits per heavy atom. The Balaban J connectivity index is 2.06. The molecule has 10 heteroatoms. The lowest BCUT2D eigenvalue weighted by Crippen LogP contribution is -2.26. The summed E-state index contributed by atoms with van der Waals surface area (Å²) < 4.78 is 30.8. The van der Waals surface area contributed by atoms with Crippen molar-refractivity contribution in [2.24, 2.45) is 5.73 Å². The molecule has 0 aliphatic carbocycles. The van der Waals surface area contributed by atoms with E-state index in [0.29, 0.717) is 4.57 Å². The van der Waals surface area contributed by atoms with Crippen LogP contribution in [-0.2, 0) is 6.54 Å². The lowest BCUT2D eigenvalue weighted by Gasteiger charge is -2.09. The number of rotatable bonds is 5. The predicted molar refractivity (Wildman–Crippen MR) is 64.4 cm³/mol. The lowest BCUT2D eigenvalue weighted by molar-refractivity contribution is 0.0617. The van der Waals surface area contributed by atoms with Crippen LogP contribution in [0.15, 0.2) is 16.7 Å². The van der Waals surface area contributed by atoms with E-state index < -0.39 is 24.3 Å². The number of alkyl halides is 2. The maximum absolute atomic E-state index is 12.8. The van der Waals surface area contributed by atoms with E-state index in [1.807, 2.05) is 0 Å². The van der Waals surface area contributed by atoms with Gasteiger partial charge >= 0.3 is 18.3 Å². The van der Waals surface area contributed by atoms with E-state index >= 15 is 0 Å². The van der Waals surface area contributed by atoms with Crippen LogP contribution in [0.25, 0.3) is 0 Å². The first-order valence-corrected chi connectivity index (χ1v) is 5.76. The molecule has 0 saturated carbocycles. The minimum atomic E-state index is -2.83. The van der Waals surface area contributed by atoms with Crippen molar-refractivity contribution in [2.45, 2.75) is 20.0 Å². The van der Waals surface area contributed by atoms with Crippen LogP contribution < -0.4 is 11.1 Å².